The molecular formula is C11H15F3N2O4. The molecule has 1 aliphatic rings. The number of nitrogens with zero attached hydrogens (tertiary/aromatic N) is 1. The summed E-state index contributed by atoms with van der Waals surface area (Å²) in [6.45, 7) is -0.206. The summed E-state index contributed by atoms with van der Waals surface area (Å²) in [6, 6.07) is 0. The summed E-state index contributed by atoms with van der Waals surface area (Å²) < 4.78 is 40.4. The van der Waals surface area contributed by atoms with Crippen molar-refractivity contribution in [2.75, 3.05) is 26.7 Å². The minimum Gasteiger partial charge on any atom is -0.469 e. The number of hydrogen-bond acceptors (Lipinski definition) is 4. The molecule has 1 saturated heterocycles. The van der Waals surface area contributed by atoms with Crippen LogP contribution in [-0.2, 0) is 19.1 Å². The third-order valence-electron chi connectivity index (χ3n) is 3.04. The van der Waals surface area contributed by atoms with Gasteiger partial charge in [0.1, 0.15) is 0 Å². The number of esters is 1. The molecule has 9 heteroatoms. The molecule has 1 N–H and O–H groups in total. The van der Waals surface area contributed by atoms with Crippen molar-refractivity contribution in [1.82, 2.24) is 10.2 Å². The van der Waals surface area contributed by atoms with Gasteiger partial charge in [-0.3, -0.25) is 14.4 Å². The summed E-state index contributed by atoms with van der Waals surface area (Å²) in [4.78, 5) is 34.7. The molecule has 2 amide bonds. The fourth-order valence-electron chi connectivity index (χ4n) is 1.90. The smallest absolute Gasteiger partial charge is 0.469 e. The first-order valence-corrected chi connectivity index (χ1v) is 5.96. The number of rotatable bonds is 3. The fourth-order valence-corrected chi connectivity index (χ4v) is 1.90. The van der Waals surface area contributed by atoms with Gasteiger partial charge < -0.3 is 15.0 Å². The van der Waals surface area contributed by atoms with Gasteiger partial charge >= 0.3 is 18.1 Å². The van der Waals surface area contributed by atoms with E-state index < -0.39 is 24.5 Å². The molecular weight excluding hydrogens is 281 g/mol. The average Bonchev–Trinajstić information content (AvgIpc) is 2.42. The number of hydrogen-bond donors (Lipinski definition) is 1. The van der Waals surface area contributed by atoms with Crippen molar-refractivity contribution in [3.63, 3.8) is 0 Å². The van der Waals surface area contributed by atoms with Gasteiger partial charge in [0.15, 0.2) is 0 Å². The maximum atomic E-state index is 11.9. The Hall–Kier alpha value is -1.80. The Kier molecular flexibility index (Phi) is 5.34. The average molecular weight is 296 g/mol. The summed E-state index contributed by atoms with van der Waals surface area (Å²) in [5.41, 5.74) is 0. The molecule has 0 aromatic heterocycles. The van der Waals surface area contributed by atoms with Gasteiger partial charge in [0.2, 0.25) is 5.91 Å². The van der Waals surface area contributed by atoms with E-state index in [1.165, 1.54) is 17.3 Å². The number of halogens is 3. The molecule has 0 aromatic carbocycles. The lowest BCUT2D eigenvalue weighted by Gasteiger charge is -2.30. The van der Waals surface area contributed by atoms with Gasteiger partial charge in [-0.1, -0.05) is 0 Å². The summed E-state index contributed by atoms with van der Waals surface area (Å²) in [5, 5.41) is 1.52. The zero-order chi connectivity index (χ0) is 15.3. The Morgan fingerprint density at radius 1 is 1.25 bits per heavy atom. The predicted octanol–water partition coefficient (Wildman–Crippen LogP) is 0.0765. The SMILES string of the molecule is COC(=O)C1CCN(C(=O)CNC(=O)C(F)(F)F)CC1. The quantitative estimate of drug-likeness (QED) is 0.748. The van der Waals surface area contributed by atoms with Crippen LogP contribution in [0.15, 0.2) is 0 Å². The molecule has 20 heavy (non-hydrogen) atoms. The second kappa shape index (κ2) is 6.58. The second-order valence-electron chi connectivity index (χ2n) is 4.36. The van der Waals surface area contributed by atoms with Crippen molar-refractivity contribution in [3.05, 3.63) is 0 Å². The van der Waals surface area contributed by atoms with Gasteiger partial charge in [0.05, 0.1) is 19.6 Å². The first-order chi connectivity index (χ1) is 9.25. The van der Waals surface area contributed by atoms with Crippen molar-refractivity contribution in [3.8, 4) is 0 Å². The minimum absolute atomic E-state index is 0.250. The third kappa shape index (κ3) is 4.39. The van der Waals surface area contributed by atoms with Crippen molar-refractivity contribution in [2.24, 2.45) is 5.92 Å². The highest BCUT2D eigenvalue weighted by Gasteiger charge is 2.39. The molecule has 0 bridgehead atoms. The van der Waals surface area contributed by atoms with Crippen LogP contribution in [0.25, 0.3) is 0 Å². The fraction of sp³-hybridized carbons (Fsp3) is 0.727. The number of methoxy groups -OCH3 is 1. The Morgan fingerprint density at radius 2 is 1.80 bits per heavy atom. The lowest BCUT2D eigenvalue weighted by Crippen LogP contribution is -2.47. The van der Waals surface area contributed by atoms with E-state index in [1.807, 2.05) is 0 Å². The first kappa shape index (κ1) is 16.3. The van der Waals surface area contributed by atoms with E-state index in [9.17, 15) is 27.6 Å². The molecule has 6 nitrogen and oxygen atoms in total. The van der Waals surface area contributed by atoms with Gasteiger partial charge in [-0.05, 0) is 12.8 Å². The standard InChI is InChI=1S/C11H15F3N2O4/c1-20-9(18)7-2-4-16(5-3-7)8(17)6-15-10(19)11(12,13)14/h7H,2-6H2,1H3,(H,15,19). The molecule has 0 saturated carbocycles. The van der Waals surface area contributed by atoms with E-state index in [-0.39, 0.29) is 25.0 Å². The van der Waals surface area contributed by atoms with Crippen molar-refractivity contribution in [1.29, 1.82) is 0 Å². The number of amides is 2. The molecule has 0 aromatic rings. The van der Waals surface area contributed by atoms with Gasteiger partial charge in [-0.25, -0.2) is 0 Å². The van der Waals surface area contributed by atoms with Crippen molar-refractivity contribution >= 4 is 17.8 Å². The predicted molar refractivity (Wildman–Crippen MR) is 60.4 cm³/mol. The molecule has 0 spiro atoms. The number of likely N-dealkylation sites (tertiary alicyclic amines) is 1. The van der Waals surface area contributed by atoms with Crippen LogP contribution in [0.1, 0.15) is 12.8 Å². The zero-order valence-corrected chi connectivity index (χ0v) is 10.8. The lowest BCUT2D eigenvalue weighted by atomic mass is 9.97. The molecule has 0 unspecified atom stereocenters. The molecule has 0 radical (unpaired) electrons. The maximum absolute atomic E-state index is 11.9. The highest BCUT2D eigenvalue weighted by molar-refractivity contribution is 5.87. The normalized spacial score (nSPS) is 16.7. The van der Waals surface area contributed by atoms with Gasteiger partial charge in [0, 0.05) is 13.1 Å². The highest BCUT2D eigenvalue weighted by atomic mass is 19.4. The van der Waals surface area contributed by atoms with E-state index in [1.54, 1.807) is 0 Å². The third-order valence-corrected chi connectivity index (χ3v) is 3.04. The van der Waals surface area contributed by atoms with Crippen molar-refractivity contribution in [2.45, 2.75) is 19.0 Å². The van der Waals surface area contributed by atoms with Gasteiger partial charge in [-0.2, -0.15) is 13.2 Å². The van der Waals surface area contributed by atoms with E-state index in [0.29, 0.717) is 12.8 Å². The highest BCUT2D eigenvalue weighted by Crippen LogP contribution is 2.18. The Morgan fingerprint density at radius 3 is 2.25 bits per heavy atom. The topological polar surface area (TPSA) is 75.7 Å². The molecule has 1 fully saturated rings. The number of alkyl halides is 3. The van der Waals surface area contributed by atoms with Crippen LogP contribution in [-0.4, -0.2) is 55.6 Å². The largest absolute Gasteiger partial charge is 0.471 e. The van der Waals surface area contributed by atoms with Gasteiger partial charge in [0.25, 0.3) is 0 Å². The van der Waals surface area contributed by atoms with Crippen LogP contribution in [0.2, 0.25) is 0 Å². The number of carbonyl (C=O) groups excluding carboxylic acids is 3. The van der Waals surface area contributed by atoms with E-state index in [4.69, 9.17) is 0 Å². The van der Waals surface area contributed by atoms with Gasteiger partial charge in [-0.15, -0.1) is 0 Å². The Bertz CT molecular complexity index is 390. The zero-order valence-electron chi connectivity index (χ0n) is 10.8. The summed E-state index contributed by atoms with van der Waals surface area (Å²) in [6.07, 6.45) is -4.21. The molecule has 1 aliphatic heterocycles. The molecule has 1 heterocycles. The van der Waals surface area contributed by atoms with E-state index in [0.717, 1.165) is 0 Å². The van der Waals surface area contributed by atoms with E-state index >= 15 is 0 Å². The van der Waals surface area contributed by atoms with Crippen LogP contribution in [0.5, 0.6) is 0 Å². The molecule has 0 atom stereocenters. The van der Waals surface area contributed by atoms with E-state index in [2.05, 4.69) is 4.74 Å². The van der Waals surface area contributed by atoms with Crippen LogP contribution >= 0.6 is 0 Å². The second-order valence-corrected chi connectivity index (χ2v) is 4.36. The first-order valence-electron chi connectivity index (χ1n) is 5.96. The van der Waals surface area contributed by atoms with Crippen LogP contribution in [0.3, 0.4) is 0 Å². The maximum Gasteiger partial charge on any atom is 0.471 e. The molecule has 0 aliphatic carbocycles. The Balaban J connectivity index is 2.36. The summed E-state index contributed by atoms with van der Waals surface area (Å²) >= 11 is 0. The number of ether oxygens (including phenoxy) is 1. The lowest BCUT2D eigenvalue weighted by molar-refractivity contribution is -0.174. The van der Waals surface area contributed by atoms with Crippen LogP contribution in [0.4, 0.5) is 13.2 Å². The van der Waals surface area contributed by atoms with Crippen LogP contribution in [0, 0.1) is 5.92 Å². The summed E-state index contributed by atoms with van der Waals surface area (Å²) in [5.74, 6) is -3.41. The minimum atomic E-state index is -5.00. The molecule has 1 rings (SSSR count). The number of nitrogens with one attached hydrogen (secondary N) is 1. The Labute approximate surface area is 113 Å². The number of carbonyl (C=O) groups is 3. The van der Waals surface area contributed by atoms with Crippen LogP contribution < -0.4 is 5.32 Å². The summed E-state index contributed by atoms with van der Waals surface area (Å²) in [7, 11) is 1.27. The van der Waals surface area contributed by atoms with Crippen molar-refractivity contribution < 1.29 is 32.3 Å². The molecule has 114 valence electrons. The monoisotopic (exact) mass is 296 g/mol. The number of piperidine rings is 1.